The second kappa shape index (κ2) is 5.63. The van der Waals surface area contributed by atoms with E-state index in [1.165, 1.54) is 0 Å². The first-order valence-electron chi connectivity index (χ1n) is 5.53. The molecule has 1 atom stereocenters. The lowest BCUT2D eigenvalue weighted by Crippen LogP contribution is -2.24. The fourth-order valence-corrected chi connectivity index (χ4v) is 1.99. The quantitative estimate of drug-likeness (QED) is 0.841. The monoisotopic (exact) mass is 342 g/mol. The number of hydrogen-bond acceptors (Lipinski definition) is 3. The number of carbonyl (C=O) groups excluding carboxylic acids is 1. The number of aromatic nitrogens is 2. The number of nitrogens with two attached hydrogens (primary N) is 1. The number of rotatable bonds is 3. The van der Waals surface area contributed by atoms with E-state index >= 15 is 0 Å². The Labute approximate surface area is 123 Å². The summed E-state index contributed by atoms with van der Waals surface area (Å²) < 4.78 is 2.37. The van der Waals surface area contributed by atoms with Crippen LogP contribution in [0.25, 0.3) is 0 Å². The fourth-order valence-electron chi connectivity index (χ4n) is 1.52. The van der Waals surface area contributed by atoms with Gasteiger partial charge in [-0.05, 0) is 41.1 Å². The number of hydrogen-bond donors (Lipinski definition) is 2. The van der Waals surface area contributed by atoms with Crippen LogP contribution in [-0.2, 0) is 4.79 Å². The largest absolute Gasteiger partial charge is 0.397 e. The SMILES string of the molecule is CC(C(=O)Nc1cc(Cl)ccc1N)n1cc(Br)cn1. The molecule has 1 heterocycles. The zero-order chi connectivity index (χ0) is 14.0. The zero-order valence-corrected chi connectivity index (χ0v) is 12.4. The van der Waals surface area contributed by atoms with E-state index in [4.69, 9.17) is 17.3 Å². The Balaban J connectivity index is 2.14. The van der Waals surface area contributed by atoms with Gasteiger partial charge in [0.2, 0.25) is 5.91 Å². The van der Waals surface area contributed by atoms with E-state index in [0.29, 0.717) is 16.4 Å². The molecule has 0 bridgehead atoms. The third-order valence-corrected chi connectivity index (χ3v) is 3.26. The summed E-state index contributed by atoms with van der Waals surface area (Å²) in [5.74, 6) is -0.218. The lowest BCUT2D eigenvalue weighted by molar-refractivity contribution is -0.119. The minimum absolute atomic E-state index is 0.218. The van der Waals surface area contributed by atoms with Crippen molar-refractivity contribution in [2.24, 2.45) is 0 Å². The molecule has 0 spiro atoms. The summed E-state index contributed by atoms with van der Waals surface area (Å²) in [4.78, 5) is 12.1. The van der Waals surface area contributed by atoms with Crippen LogP contribution in [0.1, 0.15) is 13.0 Å². The highest BCUT2D eigenvalue weighted by Gasteiger charge is 2.16. The molecule has 3 N–H and O–H groups in total. The van der Waals surface area contributed by atoms with Crippen LogP contribution in [0.5, 0.6) is 0 Å². The van der Waals surface area contributed by atoms with Gasteiger partial charge in [-0.15, -0.1) is 0 Å². The molecule has 5 nitrogen and oxygen atoms in total. The van der Waals surface area contributed by atoms with E-state index in [-0.39, 0.29) is 5.91 Å². The van der Waals surface area contributed by atoms with Crippen molar-refractivity contribution in [2.45, 2.75) is 13.0 Å². The van der Waals surface area contributed by atoms with E-state index in [1.807, 2.05) is 0 Å². The topological polar surface area (TPSA) is 72.9 Å². The van der Waals surface area contributed by atoms with Crippen molar-refractivity contribution in [3.63, 3.8) is 0 Å². The predicted octanol–water partition coefficient (Wildman–Crippen LogP) is 3.08. The second-order valence-electron chi connectivity index (χ2n) is 4.04. The van der Waals surface area contributed by atoms with Gasteiger partial charge in [0, 0.05) is 11.2 Å². The van der Waals surface area contributed by atoms with Crippen molar-refractivity contribution in [3.8, 4) is 0 Å². The third kappa shape index (κ3) is 3.27. The maximum Gasteiger partial charge on any atom is 0.249 e. The lowest BCUT2D eigenvalue weighted by atomic mass is 10.2. The number of nitrogen functional groups attached to an aromatic ring is 1. The summed E-state index contributed by atoms with van der Waals surface area (Å²) in [7, 11) is 0. The van der Waals surface area contributed by atoms with Gasteiger partial charge in [-0.25, -0.2) is 0 Å². The van der Waals surface area contributed by atoms with Crippen molar-refractivity contribution in [3.05, 3.63) is 40.1 Å². The maximum atomic E-state index is 12.1. The number of halogens is 2. The minimum atomic E-state index is -0.454. The van der Waals surface area contributed by atoms with Crippen LogP contribution in [0.2, 0.25) is 5.02 Å². The summed E-state index contributed by atoms with van der Waals surface area (Å²) >= 11 is 9.15. The van der Waals surface area contributed by atoms with E-state index in [9.17, 15) is 4.79 Å². The normalized spacial score (nSPS) is 12.2. The standard InChI is InChI=1S/C12H12BrClN4O/c1-7(18-6-8(13)5-16-18)12(19)17-11-4-9(14)2-3-10(11)15/h2-7H,15H2,1H3,(H,17,19). The molecule has 1 unspecified atom stereocenters. The number of amides is 1. The molecule has 1 aromatic carbocycles. The summed E-state index contributed by atoms with van der Waals surface area (Å²) in [6.45, 7) is 1.75. The average Bonchev–Trinajstić information content (AvgIpc) is 2.79. The fraction of sp³-hybridized carbons (Fsp3) is 0.167. The molecule has 0 aliphatic carbocycles. The first-order valence-corrected chi connectivity index (χ1v) is 6.70. The summed E-state index contributed by atoms with van der Waals surface area (Å²) in [6.07, 6.45) is 3.35. The molecule has 2 aromatic rings. The van der Waals surface area contributed by atoms with Gasteiger partial charge in [0.25, 0.3) is 0 Å². The van der Waals surface area contributed by atoms with Gasteiger partial charge in [0.15, 0.2) is 0 Å². The Kier molecular flexibility index (Phi) is 4.11. The molecule has 7 heteroatoms. The van der Waals surface area contributed by atoms with Crippen molar-refractivity contribution in [2.75, 3.05) is 11.1 Å². The highest BCUT2D eigenvalue weighted by Crippen LogP contribution is 2.24. The number of benzene rings is 1. The van der Waals surface area contributed by atoms with Crippen LogP contribution in [0, 0.1) is 0 Å². The van der Waals surface area contributed by atoms with Gasteiger partial charge in [0.1, 0.15) is 6.04 Å². The van der Waals surface area contributed by atoms with Gasteiger partial charge in [-0.3, -0.25) is 9.48 Å². The Bertz CT molecular complexity index is 614. The van der Waals surface area contributed by atoms with Crippen LogP contribution >= 0.6 is 27.5 Å². The molecule has 0 saturated heterocycles. The Hall–Kier alpha value is -1.53. The summed E-state index contributed by atoms with van der Waals surface area (Å²) in [5.41, 5.74) is 6.74. The van der Waals surface area contributed by atoms with Gasteiger partial charge in [0.05, 0.1) is 22.0 Å². The highest BCUT2D eigenvalue weighted by atomic mass is 79.9. The van der Waals surface area contributed by atoms with Gasteiger partial charge in [-0.1, -0.05) is 11.6 Å². The molecule has 0 aliphatic rings. The van der Waals surface area contributed by atoms with E-state index in [1.54, 1.807) is 42.2 Å². The lowest BCUT2D eigenvalue weighted by Gasteiger charge is -2.14. The number of nitrogens with one attached hydrogen (secondary N) is 1. The van der Waals surface area contributed by atoms with Crippen LogP contribution in [0.3, 0.4) is 0 Å². The Morgan fingerprint density at radius 3 is 2.95 bits per heavy atom. The van der Waals surface area contributed by atoms with Gasteiger partial charge in [-0.2, -0.15) is 5.10 Å². The number of nitrogens with zero attached hydrogens (tertiary/aromatic N) is 2. The molecular formula is C12H12BrClN4O. The molecule has 0 fully saturated rings. The molecule has 100 valence electrons. The van der Waals surface area contributed by atoms with E-state index < -0.39 is 6.04 Å². The number of anilines is 2. The predicted molar refractivity (Wildman–Crippen MR) is 79.1 cm³/mol. The minimum Gasteiger partial charge on any atom is -0.397 e. The van der Waals surface area contributed by atoms with Crippen LogP contribution in [-0.4, -0.2) is 15.7 Å². The smallest absolute Gasteiger partial charge is 0.249 e. The van der Waals surface area contributed by atoms with Crippen LogP contribution in [0.4, 0.5) is 11.4 Å². The Morgan fingerprint density at radius 2 is 2.32 bits per heavy atom. The van der Waals surface area contributed by atoms with Crippen molar-refractivity contribution in [1.82, 2.24) is 9.78 Å². The molecule has 1 amide bonds. The molecule has 0 radical (unpaired) electrons. The maximum absolute atomic E-state index is 12.1. The Morgan fingerprint density at radius 1 is 1.58 bits per heavy atom. The molecular weight excluding hydrogens is 332 g/mol. The number of carbonyl (C=O) groups is 1. The molecule has 0 saturated carbocycles. The zero-order valence-electron chi connectivity index (χ0n) is 10.1. The van der Waals surface area contributed by atoms with Crippen molar-refractivity contribution in [1.29, 1.82) is 0 Å². The van der Waals surface area contributed by atoms with E-state index in [2.05, 4.69) is 26.3 Å². The first-order chi connectivity index (χ1) is 8.97. The third-order valence-electron chi connectivity index (χ3n) is 2.62. The van der Waals surface area contributed by atoms with Crippen LogP contribution in [0.15, 0.2) is 35.1 Å². The summed E-state index contributed by atoms with van der Waals surface area (Å²) in [5, 5.41) is 7.32. The highest BCUT2D eigenvalue weighted by molar-refractivity contribution is 9.10. The van der Waals surface area contributed by atoms with Crippen molar-refractivity contribution >= 4 is 44.8 Å². The summed E-state index contributed by atoms with van der Waals surface area (Å²) in [6, 6.07) is 4.47. The molecule has 0 aliphatic heterocycles. The van der Waals surface area contributed by atoms with Crippen LogP contribution < -0.4 is 11.1 Å². The average molecular weight is 344 g/mol. The molecule has 19 heavy (non-hydrogen) atoms. The molecule has 1 aromatic heterocycles. The van der Waals surface area contributed by atoms with Gasteiger partial charge >= 0.3 is 0 Å². The molecule has 2 rings (SSSR count). The second-order valence-corrected chi connectivity index (χ2v) is 5.39. The van der Waals surface area contributed by atoms with E-state index in [0.717, 1.165) is 4.47 Å². The van der Waals surface area contributed by atoms with Gasteiger partial charge < -0.3 is 11.1 Å². The first kappa shape index (κ1) is 13.9. The van der Waals surface area contributed by atoms with Crippen molar-refractivity contribution < 1.29 is 4.79 Å².